The van der Waals surface area contributed by atoms with Gasteiger partial charge in [0.1, 0.15) is 23.9 Å². The number of hydrogen-bond donors (Lipinski definition) is 2. The molecule has 0 fully saturated rings. The molecule has 5 rings (SSSR count). The van der Waals surface area contributed by atoms with Crippen molar-refractivity contribution in [3.63, 3.8) is 0 Å². The number of nitrogens with zero attached hydrogens (tertiary/aromatic N) is 6. The smallest absolute Gasteiger partial charge is 0.270 e. The van der Waals surface area contributed by atoms with Crippen LogP contribution in [-0.2, 0) is 13.0 Å². The number of pyridine rings is 1. The maximum absolute atomic E-state index is 13.4. The van der Waals surface area contributed by atoms with Crippen LogP contribution < -0.4 is 10.6 Å². The molecule has 11 heteroatoms. The van der Waals surface area contributed by atoms with Crippen LogP contribution in [-0.4, -0.2) is 42.2 Å². The molecule has 11 nitrogen and oxygen atoms in total. The van der Waals surface area contributed by atoms with Crippen molar-refractivity contribution >= 4 is 29.2 Å². The molecule has 37 heavy (non-hydrogen) atoms. The summed E-state index contributed by atoms with van der Waals surface area (Å²) in [4.78, 5) is 53.6. The summed E-state index contributed by atoms with van der Waals surface area (Å²) in [5.74, 6) is -0.561. The predicted octanol–water partition coefficient (Wildman–Crippen LogP) is 2.93. The SMILES string of the molecule is [C-]#[N+]c1cc(CNC(=O)c2cc(C(=O)N[C@H]3CCc4c3ccc(C(C)=O)c4C)n3ncnc3n2)ccn1. The number of carbonyl (C=O) groups is 3. The number of rotatable bonds is 6. The maximum Gasteiger partial charge on any atom is 0.270 e. The first kappa shape index (κ1) is 23.7. The van der Waals surface area contributed by atoms with Gasteiger partial charge in [-0.25, -0.2) is 4.98 Å². The van der Waals surface area contributed by atoms with Crippen molar-refractivity contribution in [2.75, 3.05) is 0 Å². The molecule has 0 saturated heterocycles. The van der Waals surface area contributed by atoms with Crippen molar-refractivity contribution < 1.29 is 14.4 Å². The first-order valence-corrected chi connectivity index (χ1v) is 11.6. The van der Waals surface area contributed by atoms with E-state index < -0.39 is 11.8 Å². The van der Waals surface area contributed by atoms with E-state index in [1.165, 1.54) is 23.1 Å². The second kappa shape index (κ2) is 9.58. The molecule has 0 bridgehead atoms. The number of amides is 2. The average Bonchev–Trinajstić information content (AvgIpc) is 3.54. The van der Waals surface area contributed by atoms with Gasteiger partial charge in [0.2, 0.25) is 0 Å². The Bertz CT molecular complexity index is 1620. The molecule has 1 aliphatic carbocycles. The molecule has 0 saturated carbocycles. The Kier molecular flexibility index (Phi) is 6.15. The van der Waals surface area contributed by atoms with E-state index in [0.717, 1.165) is 23.1 Å². The van der Waals surface area contributed by atoms with Crippen molar-refractivity contribution in [2.45, 2.75) is 39.3 Å². The van der Waals surface area contributed by atoms with E-state index in [1.807, 2.05) is 13.0 Å². The Balaban J connectivity index is 1.38. The van der Waals surface area contributed by atoms with Crippen molar-refractivity contribution in [2.24, 2.45) is 0 Å². The summed E-state index contributed by atoms with van der Waals surface area (Å²) in [5.41, 5.74) is 4.54. The van der Waals surface area contributed by atoms with Gasteiger partial charge in [-0.15, -0.1) is 4.98 Å². The van der Waals surface area contributed by atoms with Gasteiger partial charge in [0.05, 0.1) is 6.04 Å². The van der Waals surface area contributed by atoms with Gasteiger partial charge in [0, 0.05) is 18.2 Å². The van der Waals surface area contributed by atoms with Crippen LogP contribution in [0.2, 0.25) is 0 Å². The van der Waals surface area contributed by atoms with Gasteiger partial charge in [-0.2, -0.15) is 14.6 Å². The van der Waals surface area contributed by atoms with E-state index in [-0.39, 0.29) is 41.4 Å². The zero-order valence-corrected chi connectivity index (χ0v) is 20.1. The fraction of sp³-hybridized carbons (Fsp3) is 0.231. The number of hydrogen-bond acceptors (Lipinski definition) is 7. The van der Waals surface area contributed by atoms with Crippen LogP contribution in [0.3, 0.4) is 0 Å². The topological polar surface area (TPSA) is 136 Å². The number of Topliss-reactive ketones (excluding diaryl/α,β-unsaturated/α-hetero) is 1. The molecule has 4 aromatic rings. The highest BCUT2D eigenvalue weighted by Crippen LogP contribution is 2.35. The van der Waals surface area contributed by atoms with E-state index in [1.54, 1.807) is 25.1 Å². The molecule has 1 aliphatic rings. The van der Waals surface area contributed by atoms with Gasteiger partial charge >= 0.3 is 0 Å². The second-order valence-electron chi connectivity index (χ2n) is 8.74. The lowest BCUT2D eigenvalue weighted by Gasteiger charge is -2.16. The molecular formula is C26H22N8O3. The molecule has 0 aliphatic heterocycles. The van der Waals surface area contributed by atoms with Crippen LogP contribution in [0.5, 0.6) is 0 Å². The van der Waals surface area contributed by atoms with E-state index >= 15 is 0 Å². The zero-order chi connectivity index (χ0) is 26.1. The first-order chi connectivity index (χ1) is 17.9. The fourth-order valence-corrected chi connectivity index (χ4v) is 4.64. The van der Waals surface area contributed by atoms with Crippen LogP contribution in [0.1, 0.15) is 73.0 Å². The van der Waals surface area contributed by atoms with Gasteiger partial charge in [0.15, 0.2) is 5.78 Å². The Morgan fingerprint density at radius 2 is 2.00 bits per heavy atom. The van der Waals surface area contributed by atoms with E-state index in [0.29, 0.717) is 17.5 Å². The third kappa shape index (κ3) is 4.52. The third-order valence-electron chi connectivity index (χ3n) is 6.47. The highest BCUT2D eigenvalue weighted by molar-refractivity contribution is 5.98. The minimum absolute atomic E-state index is 0.0128. The van der Waals surface area contributed by atoms with Crippen LogP contribution in [0, 0.1) is 13.5 Å². The average molecular weight is 495 g/mol. The molecule has 2 N–H and O–H groups in total. The number of fused-ring (bicyclic) bond motifs is 2. The number of carbonyl (C=O) groups excluding carboxylic acids is 3. The second-order valence-corrected chi connectivity index (χ2v) is 8.74. The number of ketones is 1. The van der Waals surface area contributed by atoms with E-state index in [9.17, 15) is 14.4 Å². The molecule has 3 aromatic heterocycles. The standard InChI is InChI=1S/C26H22N8O3/c1-14-17(15(2)35)4-5-19-18(14)6-7-20(19)32-25(37)22-11-21(33-26-30-13-31-34(22)26)24(36)29-12-16-8-9-28-23(10-16)27-3/h4-5,8-11,13,20H,6-7,12H2,1-2H3,(H,29,36)(H,32,37)/t20-/m0/s1. The Labute approximate surface area is 211 Å². The largest absolute Gasteiger partial charge is 0.361 e. The van der Waals surface area contributed by atoms with Crippen molar-refractivity contribution in [3.8, 4) is 0 Å². The molecule has 184 valence electrons. The molecule has 0 spiro atoms. The molecule has 3 heterocycles. The lowest BCUT2D eigenvalue weighted by atomic mass is 9.96. The van der Waals surface area contributed by atoms with E-state index in [2.05, 4.69) is 35.5 Å². The predicted molar refractivity (Wildman–Crippen MR) is 132 cm³/mol. The maximum atomic E-state index is 13.4. The number of benzene rings is 1. The highest BCUT2D eigenvalue weighted by atomic mass is 16.2. The lowest BCUT2D eigenvalue weighted by molar-refractivity contribution is 0.0927. The van der Waals surface area contributed by atoms with Gasteiger partial charge < -0.3 is 15.5 Å². The quantitative estimate of drug-likeness (QED) is 0.311. The van der Waals surface area contributed by atoms with Crippen molar-refractivity contribution in [3.05, 3.63) is 93.5 Å². The number of aromatic nitrogens is 5. The van der Waals surface area contributed by atoms with Crippen LogP contribution >= 0.6 is 0 Å². The normalized spacial score (nSPS) is 14.1. The summed E-state index contributed by atoms with van der Waals surface area (Å²) in [6.07, 6.45) is 4.21. The van der Waals surface area contributed by atoms with Gasteiger partial charge in [-0.05, 0) is 61.1 Å². The van der Waals surface area contributed by atoms with E-state index in [4.69, 9.17) is 6.57 Å². The summed E-state index contributed by atoms with van der Waals surface area (Å²) in [6.45, 7) is 10.7. The highest BCUT2D eigenvalue weighted by Gasteiger charge is 2.28. The number of nitrogens with one attached hydrogen (secondary N) is 2. The summed E-state index contributed by atoms with van der Waals surface area (Å²) in [5, 5.41) is 9.88. The molecule has 0 unspecified atom stereocenters. The minimum atomic E-state index is -0.501. The molecule has 2 amide bonds. The summed E-state index contributed by atoms with van der Waals surface area (Å²) in [7, 11) is 0. The zero-order valence-electron chi connectivity index (χ0n) is 20.1. The minimum Gasteiger partial charge on any atom is -0.361 e. The summed E-state index contributed by atoms with van der Waals surface area (Å²) < 4.78 is 1.29. The molecule has 1 aromatic carbocycles. The Morgan fingerprint density at radius 3 is 2.78 bits per heavy atom. The Morgan fingerprint density at radius 1 is 1.16 bits per heavy atom. The molecule has 1 atom stereocenters. The van der Waals surface area contributed by atoms with Gasteiger partial charge in [-0.1, -0.05) is 18.7 Å². The van der Waals surface area contributed by atoms with Crippen molar-refractivity contribution in [1.82, 2.24) is 35.2 Å². The monoisotopic (exact) mass is 494 g/mol. The van der Waals surface area contributed by atoms with Crippen LogP contribution in [0.15, 0.2) is 42.9 Å². The summed E-state index contributed by atoms with van der Waals surface area (Å²) in [6, 6.07) is 8.12. The van der Waals surface area contributed by atoms with Crippen molar-refractivity contribution in [1.29, 1.82) is 0 Å². The molecular weight excluding hydrogens is 472 g/mol. The lowest BCUT2D eigenvalue weighted by Crippen LogP contribution is -2.30. The van der Waals surface area contributed by atoms with Gasteiger partial charge in [0.25, 0.3) is 23.4 Å². The molecule has 0 radical (unpaired) electrons. The Hall–Kier alpha value is -4.98. The third-order valence-corrected chi connectivity index (χ3v) is 6.47. The van der Waals surface area contributed by atoms with Crippen LogP contribution in [0.25, 0.3) is 10.6 Å². The van der Waals surface area contributed by atoms with Crippen LogP contribution in [0.4, 0.5) is 5.82 Å². The first-order valence-electron chi connectivity index (χ1n) is 11.6. The fourth-order valence-electron chi connectivity index (χ4n) is 4.64. The van der Waals surface area contributed by atoms with Gasteiger partial charge in [-0.3, -0.25) is 14.4 Å². The summed E-state index contributed by atoms with van der Waals surface area (Å²) >= 11 is 0.